The number of rotatable bonds is 18. The molecule has 0 amide bonds. The summed E-state index contributed by atoms with van der Waals surface area (Å²) in [6.07, 6.45) is 3.82. The number of ether oxygens (including phenoxy) is 4. The Kier molecular flexibility index (Phi) is 14.7. The molecule has 10 heteroatoms. The van der Waals surface area contributed by atoms with Gasteiger partial charge in [0.2, 0.25) is 0 Å². The second-order valence-corrected chi connectivity index (χ2v) is 10.9. The molecule has 0 aliphatic carbocycles. The Labute approximate surface area is 237 Å². The molecule has 1 rings (SSSR count). The molecule has 0 spiro atoms. The van der Waals surface area contributed by atoms with Gasteiger partial charge in [0.1, 0.15) is 17.2 Å². The van der Waals surface area contributed by atoms with Crippen LogP contribution in [0, 0.1) is 0 Å². The van der Waals surface area contributed by atoms with E-state index in [0.29, 0.717) is 24.8 Å². The van der Waals surface area contributed by atoms with Gasteiger partial charge in [-0.3, -0.25) is 14.4 Å². The van der Waals surface area contributed by atoms with Gasteiger partial charge in [0.05, 0.1) is 0 Å². The quantitative estimate of drug-likeness (QED) is 0.121. The van der Waals surface area contributed by atoms with Crippen molar-refractivity contribution in [3.63, 3.8) is 0 Å². The molecule has 1 unspecified atom stereocenters. The maximum absolute atomic E-state index is 12.5. The second kappa shape index (κ2) is 16.8. The Morgan fingerprint density at radius 2 is 1.45 bits per heavy atom. The lowest BCUT2D eigenvalue weighted by molar-refractivity contribution is -0.145. The molecule has 0 saturated heterocycles. The Hall–Kier alpha value is -3.14. The van der Waals surface area contributed by atoms with Gasteiger partial charge in [-0.15, -0.1) is 0 Å². The van der Waals surface area contributed by atoms with E-state index in [1.54, 1.807) is 19.9 Å². The molecule has 10 nitrogen and oxygen atoms in total. The van der Waals surface area contributed by atoms with Gasteiger partial charge in [-0.2, -0.15) is 0 Å². The van der Waals surface area contributed by atoms with Crippen molar-refractivity contribution in [1.82, 2.24) is 0 Å². The first-order valence-electron chi connectivity index (χ1n) is 14.2. The van der Waals surface area contributed by atoms with Crippen molar-refractivity contribution >= 4 is 24.1 Å². The van der Waals surface area contributed by atoms with Crippen LogP contribution in [0.25, 0.3) is 0 Å². The number of carboxylic acids is 1. The molecule has 0 aliphatic rings. The monoisotopic (exact) mass is 565 g/mol. The normalized spacial score (nSPS) is 13.6. The van der Waals surface area contributed by atoms with Crippen LogP contribution < -0.4 is 15.2 Å². The lowest BCUT2D eigenvalue weighted by atomic mass is 9.86. The lowest BCUT2D eigenvalue weighted by Crippen LogP contribution is -2.52. The molecule has 0 aliphatic heterocycles. The van der Waals surface area contributed by atoms with Gasteiger partial charge in [-0.25, -0.2) is 4.79 Å². The van der Waals surface area contributed by atoms with E-state index in [1.807, 2.05) is 20.8 Å². The summed E-state index contributed by atoms with van der Waals surface area (Å²) in [4.78, 5) is 49.2. The van der Waals surface area contributed by atoms with Crippen molar-refractivity contribution < 1.29 is 43.2 Å². The van der Waals surface area contributed by atoms with Crippen LogP contribution in [0.1, 0.15) is 111 Å². The number of hydrogen-bond donors (Lipinski definition) is 2. The maximum Gasteiger partial charge on any atom is 0.509 e. The number of hydrogen-bond acceptors (Lipinski definition) is 9. The number of carbonyl (C=O) groups excluding carboxylic acids is 3. The summed E-state index contributed by atoms with van der Waals surface area (Å²) < 4.78 is 21.5. The third-order valence-corrected chi connectivity index (χ3v) is 6.53. The molecule has 0 bridgehead atoms. The standard InChI is InChI=1S/C30H47NO9/c1-7-10-12-14-25(32)38-23-17-16-22(18-24(23)39-26(33)15-13-11-8-2)20-30(31,27(34)35)19-21(4)37-28(36)40-29(5,6)9-3/h16-18,21H,7-15,19-20,31H2,1-6H3,(H,34,35)/t21-,30?/m0/s1. The van der Waals surface area contributed by atoms with Crippen LogP contribution >= 0.6 is 0 Å². The number of benzene rings is 1. The third-order valence-electron chi connectivity index (χ3n) is 6.53. The molecule has 3 N–H and O–H groups in total. The molecular weight excluding hydrogens is 518 g/mol. The van der Waals surface area contributed by atoms with E-state index in [1.165, 1.54) is 19.1 Å². The summed E-state index contributed by atoms with van der Waals surface area (Å²) in [5.41, 5.74) is 4.19. The number of carboxylic acid groups (broad SMARTS) is 1. The number of carbonyl (C=O) groups is 4. The fourth-order valence-corrected chi connectivity index (χ4v) is 3.85. The van der Waals surface area contributed by atoms with Gasteiger partial charge in [-0.1, -0.05) is 52.5 Å². The third kappa shape index (κ3) is 12.8. The van der Waals surface area contributed by atoms with E-state index >= 15 is 0 Å². The van der Waals surface area contributed by atoms with E-state index in [4.69, 9.17) is 24.7 Å². The SMILES string of the molecule is CCCCCC(=O)Oc1ccc(CC(N)(C[C@H](C)OC(=O)OC(C)(C)CC)C(=O)O)cc1OC(=O)CCCCC. The summed E-state index contributed by atoms with van der Waals surface area (Å²) in [6, 6.07) is 4.49. The molecule has 0 heterocycles. The highest BCUT2D eigenvalue weighted by Crippen LogP contribution is 2.32. The van der Waals surface area contributed by atoms with E-state index < -0.39 is 41.3 Å². The molecule has 1 aromatic rings. The van der Waals surface area contributed by atoms with E-state index in [-0.39, 0.29) is 37.2 Å². The van der Waals surface area contributed by atoms with Crippen molar-refractivity contribution in [3.05, 3.63) is 23.8 Å². The molecule has 0 aromatic heterocycles. The highest BCUT2D eigenvalue weighted by atomic mass is 16.7. The highest BCUT2D eigenvalue weighted by Gasteiger charge is 2.38. The average Bonchev–Trinajstić information content (AvgIpc) is 2.85. The summed E-state index contributed by atoms with van der Waals surface area (Å²) in [5.74, 6) is -2.14. The molecule has 2 atom stereocenters. The Morgan fingerprint density at radius 3 is 1.95 bits per heavy atom. The minimum absolute atomic E-state index is 0.0188. The van der Waals surface area contributed by atoms with Crippen LogP contribution in [-0.2, 0) is 30.3 Å². The number of nitrogens with two attached hydrogens (primary N) is 1. The topological polar surface area (TPSA) is 151 Å². The van der Waals surface area contributed by atoms with Crippen molar-refractivity contribution in [1.29, 1.82) is 0 Å². The Morgan fingerprint density at radius 1 is 0.900 bits per heavy atom. The first kappa shape index (κ1) is 34.9. The summed E-state index contributed by atoms with van der Waals surface area (Å²) in [5, 5.41) is 9.96. The van der Waals surface area contributed by atoms with Gasteiger partial charge in [-0.05, 0) is 57.7 Å². The maximum atomic E-state index is 12.5. The van der Waals surface area contributed by atoms with Gasteiger partial charge in [0.15, 0.2) is 11.5 Å². The summed E-state index contributed by atoms with van der Waals surface area (Å²) in [7, 11) is 0. The van der Waals surface area contributed by atoms with Gasteiger partial charge < -0.3 is 29.8 Å². The average molecular weight is 566 g/mol. The molecule has 226 valence electrons. The molecule has 1 aromatic carbocycles. The first-order valence-corrected chi connectivity index (χ1v) is 14.2. The smallest absolute Gasteiger partial charge is 0.480 e. The predicted molar refractivity (Wildman–Crippen MR) is 150 cm³/mol. The van der Waals surface area contributed by atoms with Crippen LogP contribution in [0.5, 0.6) is 11.5 Å². The zero-order valence-electron chi connectivity index (χ0n) is 24.9. The van der Waals surface area contributed by atoms with Crippen molar-refractivity contribution in [2.45, 2.75) is 129 Å². The predicted octanol–water partition coefficient (Wildman–Crippen LogP) is 6.10. The zero-order chi connectivity index (χ0) is 30.3. The van der Waals surface area contributed by atoms with Crippen molar-refractivity contribution in [3.8, 4) is 11.5 Å². The van der Waals surface area contributed by atoms with Crippen LogP contribution in [0.15, 0.2) is 18.2 Å². The van der Waals surface area contributed by atoms with E-state index in [2.05, 4.69) is 0 Å². The summed E-state index contributed by atoms with van der Waals surface area (Å²) >= 11 is 0. The summed E-state index contributed by atoms with van der Waals surface area (Å²) in [6.45, 7) is 10.9. The largest absolute Gasteiger partial charge is 0.509 e. The molecule has 0 fully saturated rings. The van der Waals surface area contributed by atoms with Crippen LogP contribution in [0.4, 0.5) is 4.79 Å². The lowest BCUT2D eigenvalue weighted by Gasteiger charge is -2.29. The van der Waals surface area contributed by atoms with Gasteiger partial charge in [0.25, 0.3) is 0 Å². The highest BCUT2D eigenvalue weighted by molar-refractivity contribution is 5.79. The molecule has 0 radical (unpaired) electrons. The molecular formula is C30H47NO9. The van der Waals surface area contributed by atoms with Crippen LogP contribution in [0.3, 0.4) is 0 Å². The fraction of sp³-hybridized carbons (Fsp3) is 0.667. The van der Waals surface area contributed by atoms with E-state index in [9.17, 15) is 24.3 Å². The first-order chi connectivity index (χ1) is 18.7. The van der Waals surface area contributed by atoms with Crippen LogP contribution in [-0.4, -0.2) is 46.4 Å². The van der Waals surface area contributed by atoms with Crippen LogP contribution in [0.2, 0.25) is 0 Å². The molecule has 40 heavy (non-hydrogen) atoms. The number of unbranched alkanes of at least 4 members (excludes halogenated alkanes) is 4. The van der Waals surface area contributed by atoms with Crippen molar-refractivity contribution in [2.75, 3.05) is 0 Å². The Balaban J connectivity index is 3.11. The Bertz CT molecular complexity index is 991. The number of aliphatic carboxylic acids is 1. The second-order valence-electron chi connectivity index (χ2n) is 10.9. The zero-order valence-corrected chi connectivity index (χ0v) is 24.9. The minimum Gasteiger partial charge on any atom is -0.480 e. The minimum atomic E-state index is -1.82. The molecule has 0 saturated carbocycles. The van der Waals surface area contributed by atoms with Crippen molar-refractivity contribution in [2.24, 2.45) is 5.73 Å². The van der Waals surface area contributed by atoms with E-state index in [0.717, 1.165) is 25.7 Å². The number of esters is 2. The van der Waals surface area contributed by atoms with Gasteiger partial charge >= 0.3 is 24.1 Å². The fourth-order valence-electron chi connectivity index (χ4n) is 3.85. The van der Waals surface area contributed by atoms with Gasteiger partial charge in [0, 0.05) is 25.7 Å².